The van der Waals surface area contributed by atoms with Crippen LogP contribution in [0.5, 0.6) is 0 Å². The van der Waals surface area contributed by atoms with Crippen molar-refractivity contribution in [1.29, 1.82) is 0 Å². The molecule has 1 spiro atoms. The van der Waals surface area contributed by atoms with E-state index in [1.807, 2.05) is 0 Å². The SMILES string of the molecule is CCCNC(CCC)C1CCC2(CCCC2)CC1. The molecule has 2 aliphatic rings. The van der Waals surface area contributed by atoms with E-state index in [0.717, 1.165) is 17.4 Å². The lowest BCUT2D eigenvalue weighted by Crippen LogP contribution is -2.40. The summed E-state index contributed by atoms with van der Waals surface area (Å²) in [5.74, 6) is 0.975. The second-order valence-electron chi connectivity index (χ2n) is 6.89. The van der Waals surface area contributed by atoms with Gasteiger partial charge in [0, 0.05) is 6.04 Å². The average Bonchev–Trinajstić information content (AvgIpc) is 2.84. The third-order valence-electron chi connectivity index (χ3n) is 5.58. The van der Waals surface area contributed by atoms with E-state index in [-0.39, 0.29) is 0 Å². The van der Waals surface area contributed by atoms with Crippen LogP contribution >= 0.6 is 0 Å². The average molecular weight is 251 g/mol. The molecule has 106 valence electrons. The van der Waals surface area contributed by atoms with Gasteiger partial charge in [-0.3, -0.25) is 0 Å². The third-order valence-corrected chi connectivity index (χ3v) is 5.58. The lowest BCUT2D eigenvalue weighted by atomic mass is 9.67. The van der Waals surface area contributed by atoms with Crippen LogP contribution in [-0.4, -0.2) is 12.6 Å². The summed E-state index contributed by atoms with van der Waals surface area (Å²) in [4.78, 5) is 0. The predicted molar refractivity (Wildman–Crippen MR) is 79.8 cm³/mol. The number of nitrogens with one attached hydrogen (secondary N) is 1. The quantitative estimate of drug-likeness (QED) is 0.707. The molecule has 0 saturated heterocycles. The molecule has 0 amide bonds. The molecular formula is C17H33N. The molecule has 1 nitrogen and oxygen atoms in total. The molecule has 1 heteroatoms. The van der Waals surface area contributed by atoms with Crippen molar-refractivity contribution >= 4 is 0 Å². The molecule has 0 aromatic carbocycles. The van der Waals surface area contributed by atoms with Crippen LogP contribution in [0.25, 0.3) is 0 Å². The molecule has 2 saturated carbocycles. The van der Waals surface area contributed by atoms with Crippen molar-refractivity contribution in [2.75, 3.05) is 6.54 Å². The van der Waals surface area contributed by atoms with Crippen LogP contribution < -0.4 is 5.32 Å². The molecule has 0 heterocycles. The van der Waals surface area contributed by atoms with E-state index in [9.17, 15) is 0 Å². The summed E-state index contributed by atoms with van der Waals surface area (Å²) in [6, 6.07) is 0.814. The van der Waals surface area contributed by atoms with Gasteiger partial charge < -0.3 is 5.32 Å². The maximum atomic E-state index is 3.82. The minimum Gasteiger partial charge on any atom is -0.314 e. The first kappa shape index (κ1) is 14.4. The summed E-state index contributed by atoms with van der Waals surface area (Å²) >= 11 is 0. The summed E-state index contributed by atoms with van der Waals surface area (Å²) in [7, 11) is 0. The highest BCUT2D eigenvalue weighted by Gasteiger charge is 2.38. The van der Waals surface area contributed by atoms with E-state index >= 15 is 0 Å². The zero-order valence-electron chi connectivity index (χ0n) is 12.6. The first-order valence-electron chi connectivity index (χ1n) is 8.53. The number of hydrogen-bond donors (Lipinski definition) is 1. The van der Waals surface area contributed by atoms with E-state index in [4.69, 9.17) is 0 Å². The van der Waals surface area contributed by atoms with Gasteiger partial charge in [0.15, 0.2) is 0 Å². The Bertz CT molecular complexity index is 220. The first-order valence-corrected chi connectivity index (χ1v) is 8.53. The largest absolute Gasteiger partial charge is 0.314 e. The van der Waals surface area contributed by atoms with Gasteiger partial charge >= 0.3 is 0 Å². The van der Waals surface area contributed by atoms with Crippen molar-refractivity contribution < 1.29 is 0 Å². The van der Waals surface area contributed by atoms with E-state index in [0.29, 0.717) is 0 Å². The van der Waals surface area contributed by atoms with Gasteiger partial charge in [-0.25, -0.2) is 0 Å². The fourth-order valence-corrected chi connectivity index (χ4v) is 4.43. The lowest BCUT2D eigenvalue weighted by molar-refractivity contribution is 0.129. The molecule has 0 bridgehead atoms. The van der Waals surface area contributed by atoms with Crippen molar-refractivity contribution in [2.45, 2.75) is 90.5 Å². The lowest BCUT2D eigenvalue weighted by Gasteiger charge is -2.40. The Morgan fingerprint density at radius 3 is 2.22 bits per heavy atom. The van der Waals surface area contributed by atoms with Gasteiger partial charge in [0.25, 0.3) is 0 Å². The van der Waals surface area contributed by atoms with Crippen molar-refractivity contribution in [3.8, 4) is 0 Å². The second kappa shape index (κ2) is 6.93. The molecule has 1 atom stereocenters. The molecular weight excluding hydrogens is 218 g/mol. The summed E-state index contributed by atoms with van der Waals surface area (Å²) in [5.41, 5.74) is 0.804. The fourth-order valence-electron chi connectivity index (χ4n) is 4.43. The van der Waals surface area contributed by atoms with Crippen LogP contribution in [0.2, 0.25) is 0 Å². The maximum absolute atomic E-state index is 3.82. The summed E-state index contributed by atoms with van der Waals surface area (Å²) in [5, 5.41) is 3.82. The standard InChI is InChI=1S/C17H33N/c1-3-7-16(18-14-4-2)15-8-12-17(13-9-15)10-5-6-11-17/h15-16,18H,3-14H2,1-2H3. The Hall–Kier alpha value is -0.0400. The van der Waals surface area contributed by atoms with Gasteiger partial charge in [0.2, 0.25) is 0 Å². The second-order valence-corrected chi connectivity index (χ2v) is 6.89. The molecule has 0 aromatic rings. The van der Waals surface area contributed by atoms with Crippen molar-refractivity contribution in [3.63, 3.8) is 0 Å². The van der Waals surface area contributed by atoms with E-state index in [1.165, 1.54) is 64.3 Å². The van der Waals surface area contributed by atoms with Gasteiger partial charge in [-0.05, 0) is 69.2 Å². The van der Waals surface area contributed by atoms with Crippen LogP contribution in [0, 0.1) is 11.3 Å². The minimum absolute atomic E-state index is 0.804. The van der Waals surface area contributed by atoms with Gasteiger partial charge in [0.1, 0.15) is 0 Å². The van der Waals surface area contributed by atoms with Crippen LogP contribution in [0.15, 0.2) is 0 Å². The molecule has 18 heavy (non-hydrogen) atoms. The maximum Gasteiger partial charge on any atom is 0.00952 e. The molecule has 1 unspecified atom stereocenters. The third kappa shape index (κ3) is 3.50. The Balaban J connectivity index is 1.81. The first-order chi connectivity index (χ1) is 8.79. The number of rotatable bonds is 6. The van der Waals surface area contributed by atoms with Crippen molar-refractivity contribution in [3.05, 3.63) is 0 Å². The van der Waals surface area contributed by atoms with Crippen LogP contribution in [0.4, 0.5) is 0 Å². The summed E-state index contributed by atoms with van der Waals surface area (Å²) < 4.78 is 0. The highest BCUT2D eigenvalue weighted by Crippen LogP contribution is 2.50. The van der Waals surface area contributed by atoms with Crippen LogP contribution in [0.3, 0.4) is 0 Å². The van der Waals surface area contributed by atoms with Gasteiger partial charge in [-0.15, -0.1) is 0 Å². The Kier molecular flexibility index (Phi) is 5.54. The van der Waals surface area contributed by atoms with Crippen molar-refractivity contribution in [2.24, 2.45) is 11.3 Å². The molecule has 0 aliphatic heterocycles. The molecule has 2 rings (SSSR count). The molecule has 1 N–H and O–H groups in total. The zero-order chi connectivity index (χ0) is 12.8. The summed E-state index contributed by atoms with van der Waals surface area (Å²) in [6.07, 6.45) is 16.2. The highest BCUT2D eigenvalue weighted by atomic mass is 14.9. The molecule has 2 fully saturated rings. The van der Waals surface area contributed by atoms with E-state index < -0.39 is 0 Å². The Morgan fingerprint density at radius 1 is 1.00 bits per heavy atom. The van der Waals surface area contributed by atoms with Gasteiger partial charge in [-0.1, -0.05) is 33.1 Å². The van der Waals surface area contributed by atoms with Gasteiger partial charge in [-0.2, -0.15) is 0 Å². The minimum atomic E-state index is 0.804. The Labute approximate surface area is 114 Å². The Morgan fingerprint density at radius 2 is 1.67 bits per heavy atom. The van der Waals surface area contributed by atoms with E-state index in [1.54, 1.807) is 12.8 Å². The zero-order valence-corrected chi connectivity index (χ0v) is 12.6. The van der Waals surface area contributed by atoms with Crippen LogP contribution in [-0.2, 0) is 0 Å². The topological polar surface area (TPSA) is 12.0 Å². The van der Waals surface area contributed by atoms with Crippen molar-refractivity contribution in [1.82, 2.24) is 5.32 Å². The molecule has 2 aliphatic carbocycles. The normalized spacial score (nSPS) is 25.7. The predicted octanol–water partition coefficient (Wildman–Crippen LogP) is 4.91. The monoisotopic (exact) mass is 251 g/mol. The molecule has 0 radical (unpaired) electrons. The molecule has 0 aromatic heterocycles. The van der Waals surface area contributed by atoms with Gasteiger partial charge in [0.05, 0.1) is 0 Å². The van der Waals surface area contributed by atoms with Crippen LogP contribution in [0.1, 0.15) is 84.5 Å². The van der Waals surface area contributed by atoms with E-state index in [2.05, 4.69) is 19.2 Å². The highest BCUT2D eigenvalue weighted by molar-refractivity contribution is 4.92. The smallest absolute Gasteiger partial charge is 0.00952 e. The summed E-state index contributed by atoms with van der Waals surface area (Å²) in [6.45, 7) is 5.83. The fraction of sp³-hybridized carbons (Fsp3) is 1.00. The number of hydrogen-bond acceptors (Lipinski definition) is 1.